The van der Waals surface area contributed by atoms with Gasteiger partial charge in [0.15, 0.2) is 0 Å². The number of fused-ring (bicyclic) bond motifs is 1. The molecular formula is C28H36N4O4. The molecule has 2 heterocycles. The van der Waals surface area contributed by atoms with Gasteiger partial charge in [-0.2, -0.15) is 0 Å². The normalized spacial score (nSPS) is 19.8. The van der Waals surface area contributed by atoms with Gasteiger partial charge in [0.05, 0.1) is 23.5 Å². The Morgan fingerprint density at radius 2 is 1.72 bits per heavy atom. The van der Waals surface area contributed by atoms with Gasteiger partial charge in [-0.25, -0.2) is 4.79 Å². The van der Waals surface area contributed by atoms with Crippen molar-refractivity contribution in [3.8, 4) is 11.1 Å². The first-order valence-electron chi connectivity index (χ1n) is 12.7. The third-order valence-electron chi connectivity index (χ3n) is 6.93. The average Bonchev–Trinajstić information content (AvgIpc) is 2.86. The zero-order valence-electron chi connectivity index (χ0n) is 21.6. The molecule has 8 heteroatoms. The minimum absolute atomic E-state index is 0.0100. The molecule has 0 bridgehead atoms. The Labute approximate surface area is 213 Å². The van der Waals surface area contributed by atoms with Gasteiger partial charge < -0.3 is 20.3 Å². The lowest BCUT2D eigenvalue weighted by atomic mass is 9.98. The van der Waals surface area contributed by atoms with Crippen molar-refractivity contribution in [2.75, 3.05) is 29.4 Å². The van der Waals surface area contributed by atoms with Gasteiger partial charge in [-0.3, -0.25) is 14.5 Å². The number of rotatable bonds is 4. The van der Waals surface area contributed by atoms with Gasteiger partial charge in [0.1, 0.15) is 0 Å². The van der Waals surface area contributed by atoms with Crippen LogP contribution in [0.3, 0.4) is 0 Å². The second-order valence-electron chi connectivity index (χ2n) is 9.95. The number of amides is 3. The number of carbonyl (C=O) groups excluding carboxylic acids is 3. The van der Waals surface area contributed by atoms with Crippen molar-refractivity contribution in [3.63, 3.8) is 0 Å². The topological polar surface area (TPSA) is 96.2 Å². The highest BCUT2D eigenvalue weighted by Crippen LogP contribution is 2.39. The van der Waals surface area contributed by atoms with Gasteiger partial charge >= 0.3 is 6.09 Å². The minimum Gasteiger partial charge on any atom is -0.446 e. The first kappa shape index (κ1) is 25.7. The van der Waals surface area contributed by atoms with Crippen LogP contribution in [0.15, 0.2) is 42.5 Å². The highest BCUT2D eigenvalue weighted by molar-refractivity contribution is 6.03. The van der Waals surface area contributed by atoms with Crippen molar-refractivity contribution in [1.29, 1.82) is 0 Å². The molecule has 2 atom stereocenters. The third kappa shape index (κ3) is 5.09. The van der Waals surface area contributed by atoms with Crippen molar-refractivity contribution < 1.29 is 19.1 Å². The molecule has 2 aliphatic heterocycles. The van der Waals surface area contributed by atoms with Crippen LogP contribution < -0.4 is 15.5 Å². The second kappa shape index (κ2) is 10.7. The smallest absolute Gasteiger partial charge is 0.414 e. The number of nitrogens with zero attached hydrogens (tertiary/aromatic N) is 3. The molecule has 0 saturated carbocycles. The van der Waals surface area contributed by atoms with Gasteiger partial charge in [0.2, 0.25) is 5.91 Å². The summed E-state index contributed by atoms with van der Waals surface area (Å²) >= 11 is 0. The van der Waals surface area contributed by atoms with Crippen LogP contribution in [0.2, 0.25) is 0 Å². The van der Waals surface area contributed by atoms with E-state index in [0.29, 0.717) is 30.0 Å². The number of nitrogens with two attached hydrogens (primary N) is 1. The standard InChI is InChI=1S/C28H36N4O4/c1-18(2)36-28(35)31-17-19(3)32(20(4)33)25-13-12-23(15-26(25)31)21-8-10-22(11-9-21)27(34)30-14-6-5-7-24(30)16-29/h8-13,15,18-19,24H,5-7,14,16-17,29H2,1-4H3/t19-,24+/m0/s1. The molecule has 192 valence electrons. The Morgan fingerprint density at radius 3 is 2.36 bits per heavy atom. The predicted octanol–water partition coefficient (Wildman–Crippen LogP) is 4.41. The monoisotopic (exact) mass is 492 g/mol. The molecule has 8 nitrogen and oxygen atoms in total. The van der Waals surface area contributed by atoms with E-state index in [1.54, 1.807) is 9.80 Å². The van der Waals surface area contributed by atoms with Gasteiger partial charge in [-0.15, -0.1) is 0 Å². The van der Waals surface area contributed by atoms with Gasteiger partial charge in [0.25, 0.3) is 5.91 Å². The maximum Gasteiger partial charge on any atom is 0.414 e. The number of anilines is 2. The molecule has 0 aliphatic carbocycles. The Morgan fingerprint density at radius 1 is 1.03 bits per heavy atom. The summed E-state index contributed by atoms with van der Waals surface area (Å²) in [6.45, 7) is 8.63. The van der Waals surface area contributed by atoms with E-state index in [-0.39, 0.29) is 30.0 Å². The Balaban J connectivity index is 1.65. The zero-order chi connectivity index (χ0) is 26.0. The molecule has 0 spiro atoms. The number of hydrogen-bond donors (Lipinski definition) is 1. The molecule has 0 radical (unpaired) electrons. The lowest BCUT2D eigenvalue weighted by molar-refractivity contribution is -0.117. The van der Waals surface area contributed by atoms with Gasteiger partial charge in [-0.05, 0) is 75.4 Å². The van der Waals surface area contributed by atoms with E-state index < -0.39 is 6.09 Å². The average molecular weight is 493 g/mol. The molecule has 3 amide bonds. The van der Waals surface area contributed by atoms with Crippen molar-refractivity contribution in [2.24, 2.45) is 5.73 Å². The van der Waals surface area contributed by atoms with Crippen molar-refractivity contribution in [2.45, 2.75) is 65.1 Å². The van der Waals surface area contributed by atoms with Gasteiger partial charge in [-0.1, -0.05) is 18.2 Å². The summed E-state index contributed by atoms with van der Waals surface area (Å²) in [6, 6.07) is 13.1. The second-order valence-corrected chi connectivity index (χ2v) is 9.95. The number of benzene rings is 2. The fourth-order valence-electron chi connectivity index (χ4n) is 5.21. The molecule has 2 aliphatic rings. The predicted molar refractivity (Wildman–Crippen MR) is 141 cm³/mol. The largest absolute Gasteiger partial charge is 0.446 e. The van der Waals surface area contributed by atoms with Crippen LogP contribution >= 0.6 is 0 Å². The number of likely N-dealkylation sites (tertiary alicyclic amines) is 1. The Hall–Kier alpha value is -3.39. The summed E-state index contributed by atoms with van der Waals surface area (Å²) in [5, 5.41) is 0. The van der Waals surface area contributed by atoms with Crippen LogP contribution in [-0.2, 0) is 9.53 Å². The number of hydrogen-bond acceptors (Lipinski definition) is 5. The van der Waals surface area contributed by atoms with E-state index in [4.69, 9.17) is 10.5 Å². The number of ether oxygens (including phenoxy) is 1. The highest BCUT2D eigenvalue weighted by Gasteiger charge is 2.35. The molecule has 4 rings (SSSR count). The van der Waals surface area contributed by atoms with E-state index in [9.17, 15) is 14.4 Å². The summed E-state index contributed by atoms with van der Waals surface area (Å²) in [6.07, 6.45) is 2.36. The molecular weight excluding hydrogens is 456 g/mol. The molecule has 0 unspecified atom stereocenters. The van der Waals surface area contributed by atoms with Crippen LogP contribution in [0, 0.1) is 0 Å². The molecule has 36 heavy (non-hydrogen) atoms. The third-order valence-corrected chi connectivity index (χ3v) is 6.93. The zero-order valence-corrected chi connectivity index (χ0v) is 21.6. The van der Waals surface area contributed by atoms with E-state index >= 15 is 0 Å². The van der Waals surface area contributed by atoms with E-state index in [2.05, 4.69) is 0 Å². The van der Waals surface area contributed by atoms with Crippen LogP contribution in [0.1, 0.15) is 57.3 Å². The van der Waals surface area contributed by atoms with E-state index in [0.717, 1.165) is 36.9 Å². The van der Waals surface area contributed by atoms with Crippen LogP contribution in [-0.4, -0.2) is 60.6 Å². The first-order valence-corrected chi connectivity index (χ1v) is 12.7. The maximum atomic E-state index is 13.1. The maximum absolute atomic E-state index is 13.1. The van der Waals surface area contributed by atoms with E-state index in [1.165, 1.54) is 6.92 Å². The van der Waals surface area contributed by atoms with Crippen molar-refractivity contribution in [1.82, 2.24) is 4.90 Å². The Kier molecular flexibility index (Phi) is 7.64. The fraction of sp³-hybridized carbons (Fsp3) is 0.464. The summed E-state index contributed by atoms with van der Waals surface area (Å²) < 4.78 is 5.49. The van der Waals surface area contributed by atoms with Gasteiger partial charge in [0, 0.05) is 38.2 Å². The molecule has 0 aromatic heterocycles. The van der Waals surface area contributed by atoms with Crippen LogP contribution in [0.25, 0.3) is 11.1 Å². The molecule has 1 fully saturated rings. The van der Waals surface area contributed by atoms with Crippen LogP contribution in [0.4, 0.5) is 16.2 Å². The number of carbonyl (C=O) groups is 3. The summed E-state index contributed by atoms with van der Waals surface area (Å²) in [5.41, 5.74) is 9.64. The summed E-state index contributed by atoms with van der Waals surface area (Å²) in [5.74, 6) is -0.0689. The van der Waals surface area contributed by atoms with Crippen molar-refractivity contribution in [3.05, 3.63) is 48.0 Å². The lowest BCUT2D eigenvalue weighted by Crippen LogP contribution is -2.51. The van der Waals surface area contributed by atoms with E-state index in [1.807, 2.05) is 68.1 Å². The highest BCUT2D eigenvalue weighted by atomic mass is 16.6. The van der Waals surface area contributed by atoms with Crippen LogP contribution in [0.5, 0.6) is 0 Å². The first-order chi connectivity index (χ1) is 17.2. The molecule has 2 aromatic carbocycles. The fourth-order valence-corrected chi connectivity index (χ4v) is 5.21. The quantitative estimate of drug-likeness (QED) is 0.682. The molecule has 2 aromatic rings. The number of piperidine rings is 1. The minimum atomic E-state index is -0.435. The lowest BCUT2D eigenvalue weighted by Gasteiger charge is -2.40. The molecule has 2 N–H and O–H groups in total. The summed E-state index contributed by atoms with van der Waals surface area (Å²) in [7, 11) is 0. The van der Waals surface area contributed by atoms with Crippen molar-refractivity contribution >= 4 is 29.3 Å². The summed E-state index contributed by atoms with van der Waals surface area (Å²) in [4.78, 5) is 43.6. The SMILES string of the molecule is CC(=O)N1c2ccc(-c3ccc(C(=O)N4CCCC[C@@H]4CN)cc3)cc2N(C(=O)OC(C)C)C[C@@H]1C. The molecule has 1 saturated heterocycles. The Bertz CT molecular complexity index is 1130.